The number of rotatable bonds is 7. The molecule has 3 rings (SSSR count). The summed E-state index contributed by atoms with van der Waals surface area (Å²) in [5.41, 5.74) is 5.35. The van der Waals surface area contributed by atoms with Crippen molar-refractivity contribution in [3.05, 3.63) is 81.1 Å². The normalized spacial score (nSPS) is 10.7. The summed E-state index contributed by atoms with van der Waals surface area (Å²) in [6, 6.07) is 16.0. The van der Waals surface area contributed by atoms with E-state index in [-0.39, 0.29) is 12.5 Å². The fourth-order valence-electron chi connectivity index (χ4n) is 3.00. The second-order valence-electron chi connectivity index (χ2n) is 6.79. The first kappa shape index (κ1) is 20.1. The number of nitrogens with zero attached hydrogens (tertiary/aromatic N) is 2. The average molecular weight is 442 g/mol. The Bertz CT molecular complexity index is 967. The molecule has 6 heteroatoms. The smallest absolute Gasteiger partial charge is 0.258 e. The Kier molecular flexibility index (Phi) is 6.52. The lowest BCUT2D eigenvalue weighted by atomic mass is 10.2. The maximum atomic E-state index is 12.2. The van der Waals surface area contributed by atoms with E-state index in [1.807, 2.05) is 61.9 Å². The van der Waals surface area contributed by atoms with Crippen LogP contribution in [0.3, 0.4) is 0 Å². The Labute approximate surface area is 173 Å². The van der Waals surface area contributed by atoms with Crippen LogP contribution in [0.15, 0.2) is 53.0 Å². The van der Waals surface area contributed by atoms with Gasteiger partial charge in [-0.3, -0.25) is 9.48 Å². The number of halogens is 1. The van der Waals surface area contributed by atoms with Gasteiger partial charge in [0.25, 0.3) is 5.91 Å². The number of carbonyl (C=O) groups excluding carboxylic acids is 1. The van der Waals surface area contributed by atoms with Crippen molar-refractivity contribution in [2.75, 3.05) is 6.61 Å². The molecule has 0 fully saturated rings. The van der Waals surface area contributed by atoms with Crippen LogP contribution in [0.5, 0.6) is 5.75 Å². The number of amides is 1. The van der Waals surface area contributed by atoms with Gasteiger partial charge in [0.15, 0.2) is 6.61 Å². The molecule has 0 bridgehead atoms. The van der Waals surface area contributed by atoms with Gasteiger partial charge in [0.2, 0.25) is 0 Å². The van der Waals surface area contributed by atoms with E-state index in [1.165, 1.54) is 5.56 Å². The standard InChI is InChI=1S/C22H24BrN3O2/c1-15-9-10-21(20(23)11-15)28-14-22(27)24-12-19-16(2)25-26(17(19)3)13-18-7-5-4-6-8-18/h4-11H,12-14H2,1-3H3,(H,24,27). The summed E-state index contributed by atoms with van der Waals surface area (Å²) in [5, 5.41) is 7.55. The number of nitrogens with one attached hydrogen (secondary N) is 1. The minimum atomic E-state index is -0.165. The van der Waals surface area contributed by atoms with E-state index < -0.39 is 0 Å². The third-order valence-corrected chi connectivity index (χ3v) is 5.23. The number of ether oxygens (including phenoxy) is 1. The zero-order valence-corrected chi connectivity index (χ0v) is 17.9. The molecule has 0 atom stereocenters. The first-order chi connectivity index (χ1) is 13.4. The summed E-state index contributed by atoms with van der Waals surface area (Å²) in [6.07, 6.45) is 0. The van der Waals surface area contributed by atoms with Gasteiger partial charge in [-0.2, -0.15) is 5.10 Å². The van der Waals surface area contributed by atoms with E-state index >= 15 is 0 Å². The Hall–Kier alpha value is -2.60. The summed E-state index contributed by atoms with van der Waals surface area (Å²) in [6.45, 7) is 7.12. The van der Waals surface area contributed by atoms with Gasteiger partial charge in [-0.15, -0.1) is 0 Å². The molecule has 146 valence electrons. The predicted molar refractivity (Wildman–Crippen MR) is 113 cm³/mol. The molecule has 1 amide bonds. The van der Waals surface area contributed by atoms with Crippen molar-refractivity contribution in [3.63, 3.8) is 0 Å². The highest BCUT2D eigenvalue weighted by Crippen LogP contribution is 2.25. The van der Waals surface area contributed by atoms with E-state index in [0.717, 1.165) is 27.0 Å². The first-order valence-corrected chi connectivity index (χ1v) is 9.96. The van der Waals surface area contributed by atoms with Crippen LogP contribution in [0.1, 0.15) is 28.1 Å². The molecule has 0 saturated carbocycles. The number of hydrogen-bond acceptors (Lipinski definition) is 3. The van der Waals surface area contributed by atoms with Crippen molar-refractivity contribution in [1.29, 1.82) is 0 Å². The van der Waals surface area contributed by atoms with E-state index in [2.05, 4.69) is 38.5 Å². The summed E-state index contributed by atoms with van der Waals surface area (Å²) >= 11 is 3.45. The zero-order valence-electron chi connectivity index (χ0n) is 16.3. The molecule has 0 unspecified atom stereocenters. The van der Waals surface area contributed by atoms with Crippen molar-refractivity contribution in [2.45, 2.75) is 33.9 Å². The van der Waals surface area contributed by atoms with Crippen LogP contribution in [-0.4, -0.2) is 22.3 Å². The predicted octanol–water partition coefficient (Wildman–Crippen LogP) is 4.31. The molecular weight excluding hydrogens is 418 g/mol. The second kappa shape index (κ2) is 9.06. The van der Waals surface area contributed by atoms with Gasteiger partial charge in [-0.05, 0) is 60.0 Å². The molecule has 0 aliphatic carbocycles. The third-order valence-electron chi connectivity index (χ3n) is 4.62. The number of hydrogen-bond donors (Lipinski definition) is 1. The highest BCUT2D eigenvalue weighted by Gasteiger charge is 2.13. The summed E-state index contributed by atoms with van der Waals surface area (Å²) in [7, 11) is 0. The van der Waals surface area contributed by atoms with E-state index in [0.29, 0.717) is 18.8 Å². The molecule has 5 nitrogen and oxygen atoms in total. The maximum absolute atomic E-state index is 12.2. The lowest BCUT2D eigenvalue weighted by molar-refractivity contribution is -0.123. The van der Waals surface area contributed by atoms with Crippen LogP contribution in [0.2, 0.25) is 0 Å². The molecule has 1 aromatic heterocycles. The number of aromatic nitrogens is 2. The fraction of sp³-hybridized carbons (Fsp3) is 0.273. The van der Waals surface area contributed by atoms with Crippen molar-refractivity contribution >= 4 is 21.8 Å². The Balaban J connectivity index is 1.57. The van der Waals surface area contributed by atoms with Crippen LogP contribution in [0.4, 0.5) is 0 Å². The van der Waals surface area contributed by atoms with Gasteiger partial charge in [-0.1, -0.05) is 36.4 Å². The molecule has 0 saturated heterocycles. The third kappa shape index (κ3) is 5.01. The van der Waals surface area contributed by atoms with Crippen molar-refractivity contribution in [2.24, 2.45) is 0 Å². The van der Waals surface area contributed by atoms with Gasteiger partial charge >= 0.3 is 0 Å². The van der Waals surface area contributed by atoms with Gasteiger partial charge in [0.1, 0.15) is 5.75 Å². The molecule has 3 aromatic rings. The highest BCUT2D eigenvalue weighted by atomic mass is 79.9. The number of benzene rings is 2. The van der Waals surface area contributed by atoms with Crippen molar-refractivity contribution in [3.8, 4) is 5.75 Å². The van der Waals surface area contributed by atoms with Crippen LogP contribution >= 0.6 is 15.9 Å². The van der Waals surface area contributed by atoms with E-state index in [4.69, 9.17) is 4.74 Å². The molecular formula is C22H24BrN3O2. The summed E-state index contributed by atoms with van der Waals surface area (Å²) < 4.78 is 8.43. The average Bonchev–Trinajstić information content (AvgIpc) is 2.93. The fourth-order valence-corrected chi connectivity index (χ4v) is 3.61. The minimum Gasteiger partial charge on any atom is -0.483 e. The summed E-state index contributed by atoms with van der Waals surface area (Å²) in [4.78, 5) is 12.2. The molecule has 0 spiro atoms. The molecule has 1 N–H and O–H groups in total. The molecule has 0 aliphatic heterocycles. The lowest BCUT2D eigenvalue weighted by Gasteiger charge is -2.10. The number of aryl methyl sites for hydroxylation is 2. The van der Waals surface area contributed by atoms with Gasteiger partial charge in [0, 0.05) is 17.8 Å². The zero-order chi connectivity index (χ0) is 20.1. The molecule has 28 heavy (non-hydrogen) atoms. The second-order valence-corrected chi connectivity index (χ2v) is 7.65. The number of carbonyl (C=O) groups is 1. The summed E-state index contributed by atoms with van der Waals surface area (Å²) in [5.74, 6) is 0.492. The molecule has 2 aromatic carbocycles. The Morgan fingerprint density at radius 2 is 1.89 bits per heavy atom. The van der Waals surface area contributed by atoms with Crippen molar-refractivity contribution < 1.29 is 9.53 Å². The molecule has 1 heterocycles. The Morgan fingerprint density at radius 1 is 1.14 bits per heavy atom. The monoisotopic (exact) mass is 441 g/mol. The SMILES string of the molecule is Cc1ccc(OCC(=O)NCc2c(C)nn(Cc3ccccc3)c2C)c(Br)c1. The van der Waals surface area contributed by atoms with E-state index in [1.54, 1.807) is 0 Å². The maximum Gasteiger partial charge on any atom is 0.258 e. The van der Waals surface area contributed by atoms with E-state index in [9.17, 15) is 4.79 Å². The van der Waals surface area contributed by atoms with Crippen LogP contribution in [0, 0.1) is 20.8 Å². The largest absolute Gasteiger partial charge is 0.483 e. The topological polar surface area (TPSA) is 56.1 Å². The minimum absolute atomic E-state index is 0.0299. The van der Waals surface area contributed by atoms with Crippen LogP contribution in [-0.2, 0) is 17.9 Å². The van der Waals surface area contributed by atoms with Crippen LogP contribution in [0.25, 0.3) is 0 Å². The lowest BCUT2D eigenvalue weighted by Crippen LogP contribution is -2.28. The molecule has 0 radical (unpaired) electrons. The van der Waals surface area contributed by atoms with Gasteiger partial charge in [0.05, 0.1) is 16.7 Å². The quantitative estimate of drug-likeness (QED) is 0.593. The van der Waals surface area contributed by atoms with Crippen molar-refractivity contribution in [1.82, 2.24) is 15.1 Å². The first-order valence-electron chi connectivity index (χ1n) is 9.16. The highest BCUT2D eigenvalue weighted by molar-refractivity contribution is 9.10. The van der Waals surface area contributed by atoms with Gasteiger partial charge in [-0.25, -0.2) is 0 Å². The Morgan fingerprint density at radius 3 is 2.61 bits per heavy atom. The van der Waals surface area contributed by atoms with Gasteiger partial charge < -0.3 is 10.1 Å². The molecule has 0 aliphatic rings. The van der Waals surface area contributed by atoms with Crippen LogP contribution < -0.4 is 10.1 Å².